The van der Waals surface area contributed by atoms with Crippen LogP contribution in [0.3, 0.4) is 0 Å². The summed E-state index contributed by atoms with van der Waals surface area (Å²) in [6.45, 7) is 3.66. The van der Waals surface area contributed by atoms with Crippen LogP contribution in [0.2, 0.25) is 0 Å². The number of thioether (sulfide) groups is 1. The van der Waals surface area contributed by atoms with Crippen LogP contribution in [0.1, 0.15) is 6.42 Å². The lowest BCUT2D eigenvalue weighted by Crippen LogP contribution is -2.57. The smallest absolute Gasteiger partial charge is 0.233 e. The second-order valence-corrected chi connectivity index (χ2v) is 4.13. The zero-order valence-corrected chi connectivity index (χ0v) is 7.59. The second kappa shape index (κ2) is 2.98. The fraction of sp³-hybridized carbons (Fsp3) is 0.444. The second-order valence-electron chi connectivity index (χ2n) is 2.99. The molecule has 1 unspecified atom stereocenters. The van der Waals surface area contributed by atoms with Crippen LogP contribution in [0.4, 0.5) is 0 Å². The lowest BCUT2D eigenvalue weighted by atomic mass is 9.95. The highest BCUT2D eigenvalue weighted by atomic mass is 32.2. The number of rotatable bonds is 2. The first-order valence-electron chi connectivity index (χ1n) is 4.06. The van der Waals surface area contributed by atoms with E-state index in [0.29, 0.717) is 5.37 Å². The normalized spacial score (nSPS) is 32.7. The number of carbonyl (C=O) groups excluding carboxylic acids is 1. The molecule has 2 aliphatic rings. The highest BCUT2D eigenvalue weighted by molar-refractivity contribution is 8.00. The van der Waals surface area contributed by atoms with Crippen LogP contribution >= 0.6 is 11.8 Å². The first kappa shape index (κ1) is 7.92. The Bertz CT molecular complexity index is 249. The zero-order valence-electron chi connectivity index (χ0n) is 6.77. The van der Waals surface area contributed by atoms with Gasteiger partial charge in [0.2, 0.25) is 5.91 Å². The molecule has 0 bridgehead atoms. The summed E-state index contributed by atoms with van der Waals surface area (Å²) in [7, 11) is 0. The fourth-order valence-electron chi connectivity index (χ4n) is 1.61. The maximum atomic E-state index is 11.4. The molecule has 2 heterocycles. The van der Waals surface area contributed by atoms with Crippen molar-refractivity contribution in [3.05, 3.63) is 24.9 Å². The monoisotopic (exact) mass is 181 g/mol. The Hall–Kier alpha value is -0.700. The number of nitrogens with zero attached hydrogens (tertiary/aromatic N) is 1. The van der Waals surface area contributed by atoms with Gasteiger partial charge in [-0.3, -0.25) is 4.79 Å². The third-order valence-electron chi connectivity index (χ3n) is 2.24. The van der Waals surface area contributed by atoms with E-state index < -0.39 is 0 Å². The maximum absolute atomic E-state index is 11.4. The van der Waals surface area contributed by atoms with Crippen LogP contribution in [-0.4, -0.2) is 21.9 Å². The first-order chi connectivity index (χ1) is 5.84. The Kier molecular flexibility index (Phi) is 1.97. The van der Waals surface area contributed by atoms with Crippen molar-refractivity contribution in [2.45, 2.75) is 11.8 Å². The molecule has 0 radical (unpaired) electrons. The van der Waals surface area contributed by atoms with Gasteiger partial charge in [-0.1, -0.05) is 12.2 Å². The topological polar surface area (TPSA) is 20.3 Å². The van der Waals surface area contributed by atoms with Crippen molar-refractivity contribution in [3.63, 3.8) is 0 Å². The van der Waals surface area contributed by atoms with Crippen molar-refractivity contribution < 1.29 is 4.79 Å². The summed E-state index contributed by atoms with van der Waals surface area (Å²) in [6.07, 6.45) is 6.59. The van der Waals surface area contributed by atoms with Crippen LogP contribution in [0, 0.1) is 5.92 Å². The largest absolute Gasteiger partial charge is 0.306 e. The summed E-state index contributed by atoms with van der Waals surface area (Å²) in [5.74, 6) is 1.48. The molecule has 3 heteroatoms. The molecule has 0 aromatic heterocycles. The third kappa shape index (κ3) is 1.00. The Morgan fingerprint density at radius 3 is 3.42 bits per heavy atom. The molecule has 0 aromatic rings. The Labute approximate surface area is 76.3 Å². The minimum atomic E-state index is 0.192. The van der Waals surface area contributed by atoms with Gasteiger partial charge in [0, 0.05) is 12.0 Å². The first-order valence-corrected chi connectivity index (χ1v) is 5.11. The fourth-order valence-corrected chi connectivity index (χ4v) is 2.80. The van der Waals surface area contributed by atoms with Gasteiger partial charge in [-0.05, 0) is 6.42 Å². The number of hydrogen-bond donors (Lipinski definition) is 0. The van der Waals surface area contributed by atoms with Crippen molar-refractivity contribution in [2.75, 3.05) is 5.75 Å². The molecule has 1 saturated heterocycles. The molecule has 64 valence electrons. The van der Waals surface area contributed by atoms with Gasteiger partial charge >= 0.3 is 0 Å². The van der Waals surface area contributed by atoms with Gasteiger partial charge in [-0.15, -0.1) is 18.3 Å². The minimum Gasteiger partial charge on any atom is -0.306 e. The van der Waals surface area contributed by atoms with E-state index in [1.807, 2.05) is 35.0 Å². The van der Waals surface area contributed by atoms with Crippen LogP contribution in [0.25, 0.3) is 0 Å². The molecule has 1 amide bonds. The Balaban J connectivity index is 2.07. The lowest BCUT2D eigenvalue weighted by molar-refractivity contribution is -0.145. The van der Waals surface area contributed by atoms with Crippen LogP contribution in [-0.2, 0) is 4.79 Å². The van der Waals surface area contributed by atoms with E-state index in [1.54, 1.807) is 0 Å². The van der Waals surface area contributed by atoms with E-state index in [-0.39, 0.29) is 11.8 Å². The molecule has 2 rings (SSSR count). The molecule has 0 spiro atoms. The summed E-state index contributed by atoms with van der Waals surface area (Å²) < 4.78 is 0. The number of fused-ring (bicyclic) bond motifs is 1. The predicted molar refractivity (Wildman–Crippen MR) is 50.5 cm³/mol. The van der Waals surface area contributed by atoms with Gasteiger partial charge in [-0.2, -0.15) is 0 Å². The highest BCUT2D eigenvalue weighted by Crippen LogP contribution is 2.39. The average molecular weight is 181 g/mol. The van der Waals surface area contributed by atoms with Crippen molar-refractivity contribution in [1.29, 1.82) is 0 Å². The molecule has 0 N–H and O–H groups in total. The van der Waals surface area contributed by atoms with Crippen LogP contribution in [0.5, 0.6) is 0 Å². The molecule has 2 atom stereocenters. The van der Waals surface area contributed by atoms with Crippen LogP contribution < -0.4 is 0 Å². The van der Waals surface area contributed by atoms with Gasteiger partial charge in [0.05, 0.1) is 11.3 Å². The SMILES string of the molecule is C=CCC1C(=O)N2C=CCS[C@@H]12. The van der Waals surface area contributed by atoms with Gasteiger partial charge in [-0.25, -0.2) is 0 Å². The predicted octanol–water partition coefficient (Wildman–Crippen LogP) is 1.61. The standard InChI is InChI=1S/C9H11NOS/c1-2-4-7-8(11)10-5-3-6-12-9(7)10/h2-3,5,7,9H,1,4,6H2/t7?,9-/m0/s1. The van der Waals surface area contributed by atoms with Gasteiger partial charge < -0.3 is 4.90 Å². The van der Waals surface area contributed by atoms with Gasteiger partial charge in [0.15, 0.2) is 0 Å². The molecule has 2 aliphatic heterocycles. The minimum absolute atomic E-state index is 0.192. The lowest BCUT2D eigenvalue weighted by Gasteiger charge is -2.46. The molecular formula is C9H11NOS. The molecule has 12 heavy (non-hydrogen) atoms. The van der Waals surface area contributed by atoms with E-state index >= 15 is 0 Å². The molecule has 0 aliphatic carbocycles. The number of hydrogen-bond acceptors (Lipinski definition) is 2. The highest BCUT2D eigenvalue weighted by Gasteiger charge is 2.46. The number of β-lactam (4-membered cyclic amide) rings is 1. The van der Waals surface area contributed by atoms with Crippen molar-refractivity contribution >= 4 is 17.7 Å². The molecule has 2 nitrogen and oxygen atoms in total. The van der Waals surface area contributed by atoms with Gasteiger partial charge in [0.25, 0.3) is 0 Å². The summed E-state index contributed by atoms with van der Waals surface area (Å²) in [6, 6.07) is 0. The molecular weight excluding hydrogens is 170 g/mol. The van der Waals surface area contributed by atoms with E-state index in [9.17, 15) is 4.79 Å². The maximum Gasteiger partial charge on any atom is 0.233 e. The summed E-state index contributed by atoms with van der Waals surface area (Å²) in [5.41, 5.74) is 0. The van der Waals surface area contributed by atoms with E-state index in [1.165, 1.54) is 0 Å². The molecule has 1 fully saturated rings. The third-order valence-corrected chi connectivity index (χ3v) is 3.52. The summed E-state index contributed by atoms with van der Waals surface area (Å²) in [5, 5.41) is 0.389. The summed E-state index contributed by atoms with van der Waals surface area (Å²) in [4.78, 5) is 13.2. The number of allylic oxidation sites excluding steroid dienone is 1. The number of carbonyl (C=O) groups is 1. The number of amides is 1. The van der Waals surface area contributed by atoms with Gasteiger partial charge in [0.1, 0.15) is 0 Å². The van der Waals surface area contributed by atoms with E-state index in [4.69, 9.17) is 0 Å². The van der Waals surface area contributed by atoms with Crippen LogP contribution in [0.15, 0.2) is 24.9 Å². The average Bonchev–Trinajstić information content (AvgIpc) is 2.13. The quantitative estimate of drug-likeness (QED) is 0.476. The summed E-state index contributed by atoms with van der Waals surface area (Å²) >= 11 is 1.84. The van der Waals surface area contributed by atoms with Crippen molar-refractivity contribution in [3.8, 4) is 0 Å². The van der Waals surface area contributed by atoms with E-state index in [2.05, 4.69) is 6.58 Å². The Morgan fingerprint density at radius 2 is 2.67 bits per heavy atom. The van der Waals surface area contributed by atoms with Crippen molar-refractivity contribution in [2.24, 2.45) is 5.92 Å². The van der Waals surface area contributed by atoms with Crippen molar-refractivity contribution in [1.82, 2.24) is 4.90 Å². The van der Waals surface area contributed by atoms with E-state index in [0.717, 1.165) is 12.2 Å². The molecule has 0 saturated carbocycles. The molecule has 0 aromatic carbocycles. The Morgan fingerprint density at radius 1 is 1.83 bits per heavy atom. The zero-order chi connectivity index (χ0) is 8.55.